The molecular formula is C53H32N2O2. The Morgan fingerprint density at radius 3 is 1.75 bits per heavy atom. The molecule has 1 aliphatic heterocycles. The molecule has 4 heteroatoms. The third-order valence-electron chi connectivity index (χ3n) is 11.8. The van der Waals surface area contributed by atoms with Crippen LogP contribution in [0.1, 0.15) is 22.3 Å². The minimum Gasteiger partial charge on any atom is -0.456 e. The Balaban J connectivity index is 1.04. The van der Waals surface area contributed by atoms with Crippen molar-refractivity contribution >= 4 is 21.9 Å². The third-order valence-corrected chi connectivity index (χ3v) is 11.8. The van der Waals surface area contributed by atoms with Crippen LogP contribution in [0.5, 0.6) is 11.5 Å². The Kier molecular flexibility index (Phi) is 6.81. The second-order valence-corrected chi connectivity index (χ2v) is 14.8. The fraction of sp³-hybridized carbons (Fsp3) is 0.0189. The smallest absolute Gasteiger partial charge is 0.160 e. The summed E-state index contributed by atoms with van der Waals surface area (Å²) in [4.78, 5) is 10.3. The summed E-state index contributed by atoms with van der Waals surface area (Å²) in [7, 11) is 0. The van der Waals surface area contributed by atoms with Crippen LogP contribution in [0.25, 0.3) is 78.1 Å². The van der Waals surface area contributed by atoms with Gasteiger partial charge >= 0.3 is 0 Å². The van der Waals surface area contributed by atoms with Crippen molar-refractivity contribution in [2.75, 3.05) is 0 Å². The molecule has 3 heterocycles. The fourth-order valence-electron chi connectivity index (χ4n) is 9.30. The minimum absolute atomic E-state index is 0.530. The number of rotatable bonds is 4. The number of para-hydroxylation sites is 3. The zero-order chi connectivity index (χ0) is 37.5. The van der Waals surface area contributed by atoms with Crippen LogP contribution in [-0.4, -0.2) is 9.97 Å². The lowest BCUT2D eigenvalue weighted by atomic mass is 9.65. The lowest BCUT2D eigenvalue weighted by Crippen LogP contribution is -2.32. The summed E-state index contributed by atoms with van der Waals surface area (Å²) in [5.74, 6) is 2.40. The van der Waals surface area contributed by atoms with Gasteiger partial charge in [-0.05, 0) is 64.2 Å². The molecule has 0 fully saturated rings. The number of hydrogen-bond donors (Lipinski definition) is 0. The topological polar surface area (TPSA) is 48.2 Å². The summed E-state index contributed by atoms with van der Waals surface area (Å²) in [6.07, 6.45) is 0. The number of aromatic nitrogens is 2. The van der Waals surface area contributed by atoms with Crippen molar-refractivity contribution in [3.05, 3.63) is 216 Å². The van der Waals surface area contributed by atoms with Gasteiger partial charge in [-0.1, -0.05) is 158 Å². The molecule has 0 radical (unpaired) electrons. The fourth-order valence-corrected chi connectivity index (χ4v) is 9.30. The van der Waals surface area contributed by atoms with Crippen molar-refractivity contribution in [2.45, 2.75) is 5.41 Å². The van der Waals surface area contributed by atoms with Crippen LogP contribution >= 0.6 is 0 Å². The molecule has 0 saturated carbocycles. The molecule has 0 atom stereocenters. The molecule has 1 spiro atoms. The summed E-state index contributed by atoms with van der Waals surface area (Å²) >= 11 is 0. The first-order valence-corrected chi connectivity index (χ1v) is 19.3. The largest absolute Gasteiger partial charge is 0.456 e. The molecule has 0 unspecified atom stereocenters. The maximum Gasteiger partial charge on any atom is 0.160 e. The number of nitrogens with zero attached hydrogens (tertiary/aromatic N) is 2. The summed E-state index contributed by atoms with van der Waals surface area (Å²) < 4.78 is 13.3. The van der Waals surface area contributed by atoms with Crippen LogP contribution in [0.15, 0.2) is 199 Å². The highest BCUT2D eigenvalue weighted by molar-refractivity contribution is 6.06. The first-order valence-electron chi connectivity index (χ1n) is 19.3. The first-order chi connectivity index (χ1) is 28.2. The molecule has 12 rings (SSSR count). The molecule has 8 aromatic carbocycles. The van der Waals surface area contributed by atoms with Gasteiger partial charge in [-0.25, -0.2) is 9.97 Å². The highest BCUT2D eigenvalue weighted by Gasteiger charge is 2.51. The van der Waals surface area contributed by atoms with Gasteiger partial charge in [0.25, 0.3) is 0 Å². The standard InChI is InChI=1S/C53H32N2O2/c1-2-14-33(15-3-1)52-54-46(32-47(55-52)36-28-29-41-40-20-6-10-26-48(40)56-50(41)31-36)35-17-12-16-34(30-35)37-21-13-25-45-51(37)57-49-27-11-9-24-44(49)53(45)42-22-7-4-18-38(42)39-19-5-8-23-43(39)53/h1-32H. The molecular weight excluding hydrogens is 697 g/mol. The van der Waals surface area contributed by atoms with Gasteiger partial charge < -0.3 is 9.15 Å². The monoisotopic (exact) mass is 728 g/mol. The van der Waals surface area contributed by atoms with Crippen LogP contribution < -0.4 is 4.74 Å². The molecule has 0 bridgehead atoms. The Labute approximate surface area is 329 Å². The predicted octanol–water partition coefficient (Wildman–Crippen LogP) is 13.5. The maximum atomic E-state index is 7.00. The molecule has 2 aliphatic rings. The summed E-state index contributed by atoms with van der Waals surface area (Å²) in [5, 5.41) is 2.19. The zero-order valence-electron chi connectivity index (χ0n) is 30.7. The zero-order valence-corrected chi connectivity index (χ0v) is 30.7. The van der Waals surface area contributed by atoms with Crippen LogP contribution in [0.4, 0.5) is 0 Å². The Hall–Kier alpha value is -7.56. The summed E-state index contributed by atoms with van der Waals surface area (Å²) in [5.41, 5.74) is 15.2. The highest BCUT2D eigenvalue weighted by Crippen LogP contribution is 2.63. The Morgan fingerprint density at radius 2 is 0.947 bits per heavy atom. The first kappa shape index (κ1) is 31.8. The van der Waals surface area contributed by atoms with E-state index in [0.717, 1.165) is 83.8 Å². The van der Waals surface area contributed by atoms with E-state index in [4.69, 9.17) is 19.1 Å². The van der Waals surface area contributed by atoms with Gasteiger partial charge in [0.15, 0.2) is 5.82 Å². The number of ether oxygens (including phenoxy) is 1. The molecule has 0 saturated heterocycles. The van der Waals surface area contributed by atoms with E-state index in [1.54, 1.807) is 0 Å². The Morgan fingerprint density at radius 1 is 0.368 bits per heavy atom. The van der Waals surface area contributed by atoms with Crippen molar-refractivity contribution in [3.63, 3.8) is 0 Å². The molecule has 57 heavy (non-hydrogen) atoms. The van der Waals surface area contributed by atoms with Gasteiger partial charge in [-0.2, -0.15) is 0 Å². The molecule has 0 N–H and O–H groups in total. The van der Waals surface area contributed by atoms with Gasteiger partial charge in [0.2, 0.25) is 0 Å². The lowest BCUT2D eigenvalue weighted by Gasteiger charge is -2.40. The van der Waals surface area contributed by atoms with Crippen molar-refractivity contribution in [3.8, 4) is 67.7 Å². The van der Waals surface area contributed by atoms with E-state index in [9.17, 15) is 0 Å². The molecule has 266 valence electrons. The van der Waals surface area contributed by atoms with E-state index < -0.39 is 5.41 Å². The third kappa shape index (κ3) is 4.68. The lowest BCUT2D eigenvalue weighted by molar-refractivity contribution is 0.438. The van der Waals surface area contributed by atoms with Crippen LogP contribution in [0.3, 0.4) is 0 Å². The predicted molar refractivity (Wildman–Crippen MR) is 228 cm³/mol. The molecule has 1 aliphatic carbocycles. The van der Waals surface area contributed by atoms with Gasteiger partial charge in [0.1, 0.15) is 22.7 Å². The van der Waals surface area contributed by atoms with Crippen LogP contribution in [0, 0.1) is 0 Å². The number of benzene rings is 8. The van der Waals surface area contributed by atoms with Crippen molar-refractivity contribution < 1.29 is 9.15 Å². The van der Waals surface area contributed by atoms with Gasteiger partial charge in [0.05, 0.1) is 16.8 Å². The average Bonchev–Trinajstić information content (AvgIpc) is 3.80. The average molecular weight is 729 g/mol. The second-order valence-electron chi connectivity index (χ2n) is 14.8. The quantitative estimate of drug-likeness (QED) is 0.181. The van der Waals surface area contributed by atoms with Crippen LogP contribution in [-0.2, 0) is 5.41 Å². The number of hydrogen-bond acceptors (Lipinski definition) is 4. The molecule has 10 aromatic rings. The van der Waals surface area contributed by atoms with Gasteiger partial charge in [0, 0.05) is 44.2 Å². The number of fused-ring (bicyclic) bond motifs is 12. The highest BCUT2D eigenvalue weighted by atomic mass is 16.5. The van der Waals surface area contributed by atoms with E-state index in [0.29, 0.717) is 5.82 Å². The van der Waals surface area contributed by atoms with E-state index in [1.807, 2.05) is 36.4 Å². The van der Waals surface area contributed by atoms with E-state index >= 15 is 0 Å². The normalized spacial score (nSPS) is 13.2. The molecule has 2 aromatic heterocycles. The summed E-state index contributed by atoms with van der Waals surface area (Å²) in [6.45, 7) is 0. The summed E-state index contributed by atoms with van der Waals surface area (Å²) in [6, 6.07) is 68.2. The van der Waals surface area contributed by atoms with Crippen molar-refractivity contribution in [1.29, 1.82) is 0 Å². The van der Waals surface area contributed by atoms with E-state index in [2.05, 4.69) is 158 Å². The van der Waals surface area contributed by atoms with E-state index in [-0.39, 0.29) is 0 Å². The van der Waals surface area contributed by atoms with Crippen LogP contribution in [0.2, 0.25) is 0 Å². The van der Waals surface area contributed by atoms with Crippen molar-refractivity contribution in [2.24, 2.45) is 0 Å². The van der Waals surface area contributed by atoms with Crippen molar-refractivity contribution in [1.82, 2.24) is 9.97 Å². The molecule has 4 nitrogen and oxygen atoms in total. The van der Waals surface area contributed by atoms with Gasteiger partial charge in [-0.3, -0.25) is 0 Å². The minimum atomic E-state index is -0.530. The van der Waals surface area contributed by atoms with Gasteiger partial charge in [-0.15, -0.1) is 0 Å². The molecule has 0 amide bonds. The number of furan rings is 1. The SMILES string of the molecule is c1ccc(-c2nc(-c3cccc(-c4cccc5c4Oc4ccccc4C54c5ccccc5-c5ccccc54)c3)cc(-c3ccc4c(c3)oc3ccccc34)n2)cc1. The second kappa shape index (κ2) is 12.2. The maximum absolute atomic E-state index is 7.00. The van der Waals surface area contributed by atoms with E-state index in [1.165, 1.54) is 22.3 Å². The Bertz CT molecular complexity index is 3190.